The fraction of sp³-hybridized carbons (Fsp3) is 0.500. The Bertz CT molecular complexity index is 314. The fourth-order valence-electron chi connectivity index (χ4n) is 1.41. The lowest BCUT2D eigenvalue weighted by Gasteiger charge is -2.22. The van der Waals surface area contributed by atoms with E-state index >= 15 is 0 Å². The maximum absolute atomic E-state index is 9.40. The summed E-state index contributed by atoms with van der Waals surface area (Å²) >= 11 is 3.45. The van der Waals surface area contributed by atoms with E-state index in [4.69, 9.17) is 0 Å². The van der Waals surface area contributed by atoms with Crippen LogP contribution in [0.2, 0.25) is 0 Å². The van der Waals surface area contributed by atoms with Gasteiger partial charge in [-0.2, -0.15) is 0 Å². The molecule has 0 aliphatic carbocycles. The maximum atomic E-state index is 9.40. The van der Waals surface area contributed by atoms with Gasteiger partial charge < -0.3 is 10.4 Å². The van der Waals surface area contributed by atoms with Gasteiger partial charge in [0.25, 0.3) is 0 Å². The van der Waals surface area contributed by atoms with Gasteiger partial charge in [-0.3, -0.25) is 0 Å². The predicted molar refractivity (Wildman–Crippen MR) is 66.8 cm³/mol. The average molecular weight is 272 g/mol. The van der Waals surface area contributed by atoms with Crippen LogP contribution in [-0.2, 0) is 0 Å². The lowest BCUT2D eigenvalue weighted by atomic mass is 10.1. The number of aliphatic hydroxyl groups excluding tert-OH is 1. The van der Waals surface area contributed by atoms with Gasteiger partial charge in [0.1, 0.15) is 0 Å². The molecule has 3 atom stereocenters. The first-order chi connectivity index (χ1) is 7.00. The highest BCUT2D eigenvalue weighted by Crippen LogP contribution is 2.18. The van der Waals surface area contributed by atoms with E-state index in [1.807, 2.05) is 19.1 Å². The molecule has 1 rings (SSSR count). The molecule has 1 aromatic carbocycles. The van der Waals surface area contributed by atoms with Crippen molar-refractivity contribution in [3.05, 3.63) is 34.3 Å². The van der Waals surface area contributed by atoms with Crippen molar-refractivity contribution in [2.45, 2.75) is 39.0 Å². The molecule has 0 fully saturated rings. The number of halogens is 1. The summed E-state index contributed by atoms with van der Waals surface area (Å²) in [6, 6.07) is 8.54. The van der Waals surface area contributed by atoms with Crippen molar-refractivity contribution in [3.8, 4) is 0 Å². The molecule has 1 aromatic rings. The quantitative estimate of drug-likeness (QED) is 0.883. The zero-order chi connectivity index (χ0) is 11.4. The molecule has 0 saturated heterocycles. The summed E-state index contributed by atoms with van der Waals surface area (Å²) in [6.07, 6.45) is -0.334. The fourth-order valence-corrected chi connectivity index (χ4v) is 1.82. The Morgan fingerprint density at radius 3 is 2.47 bits per heavy atom. The van der Waals surface area contributed by atoms with Crippen LogP contribution in [0.1, 0.15) is 32.4 Å². The SMILES string of the molecule is CC(NC(C)C(C)O)c1cccc(Br)c1. The van der Waals surface area contributed by atoms with Crippen molar-refractivity contribution in [1.82, 2.24) is 5.32 Å². The van der Waals surface area contributed by atoms with Crippen LogP contribution in [0.3, 0.4) is 0 Å². The van der Waals surface area contributed by atoms with Gasteiger partial charge in [0, 0.05) is 16.6 Å². The molecule has 0 aliphatic heterocycles. The Labute approximate surface area is 99.8 Å². The molecule has 84 valence electrons. The van der Waals surface area contributed by atoms with Gasteiger partial charge in [0.2, 0.25) is 0 Å². The van der Waals surface area contributed by atoms with Crippen LogP contribution in [0, 0.1) is 0 Å². The van der Waals surface area contributed by atoms with E-state index in [1.54, 1.807) is 6.92 Å². The van der Waals surface area contributed by atoms with Crippen LogP contribution < -0.4 is 5.32 Å². The van der Waals surface area contributed by atoms with Gasteiger partial charge in [-0.1, -0.05) is 28.1 Å². The van der Waals surface area contributed by atoms with E-state index in [0.29, 0.717) is 0 Å². The Hall–Kier alpha value is -0.380. The third-order valence-corrected chi connectivity index (χ3v) is 3.08. The van der Waals surface area contributed by atoms with E-state index in [0.717, 1.165) is 4.47 Å². The molecule has 0 aromatic heterocycles. The Morgan fingerprint density at radius 2 is 1.93 bits per heavy atom. The maximum Gasteiger partial charge on any atom is 0.0662 e. The van der Waals surface area contributed by atoms with Crippen molar-refractivity contribution < 1.29 is 5.11 Å². The third kappa shape index (κ3) is 3.93. The predicted octanol–water partition coefficient (Wildman–Crippen LogP) is 2.87. The molecule has 0 radical (unpaired) electrons. The summed E-state index contributed by atoms with van der Waals surface area (Å²) in [7, 11) is 0. The monoisotopic (exact) mass is 271 g/mol. The molecule has 0 bridgehead atoms. The molecule has 2 N–H and O–H groups in total. The average Bonchev–Trinajstić information content (AvgIpc) is 2.17. The van der Waals surface area contributed by atoms with Gasteiger partial charge >= 0.3 is 0 Å². The smallest absolute Gasteiger partial charge is 0.0662 e. The Morgan fingerprint density at radius 1 is 1.27 bits per heavy atom. The molecular formula is C12H18BrNO. The topological polar surface area (TPSA) is 32.3 Å². The molecule has 0 aliphatic rings. The molecule has 0 amide bonds. The summed E-state index contributed by atoms with van der Waals surface area (Å²) < 4.78 is 1.08. The number of nitrogens with one attached hydrogen (secondary N) is 1. The minimum atomic E-state index is -0.334. The lowest BCUT2D eigenvalue weighted by molar-refractivity contribution is 0.147. The second-order valence-electron chi connectivity index (χ2n) is 3.97. The van der Waals surface area contributed by atoms with Gasteiger partial charge in [-0.25, -0.2) is 0 Å². The first-order valence-electron chi connectivity index (χ1n) is 5.20. The van der Waals surface area contributed by atoms with Crippen LogP contribution >= 0.6 is 15.9 Å². The van der Waals surface area contributed by atoms with Crippen LogP contribution in [-0.4, -0.2) is 17.3 Å². The van der Waals surface area contributed by atoms with Crippen molar-refractivity contribution in [2.24, 2.45) is 0 Å². The molecule has 15 heavy (non-hydrogen) atoms. The lowest BCUT2D eigenvalue weighted by Crippen LogP contribution is -2.37. The summed E-state index contributed by atoms with van der Waals surface area (Å²) in [4.78, 5) is 0. The zero-order valence-electron chi connectivity index (χ0n) is 9.37. The zero-order valence-corrected chi connectivity index (χ0v) is 11.0. The number of benzene rings is 1. The van der Waals surface area contributed by atoms with Crippen LogP contribution in [0.25, 0.3) is 0 Å². The number of hydrogen-bond donors (Lipinski definition) is 2. The Kier molecular flexibility index (Phi) is 4.77. The van der Waals surface area contributed by atoms with E-state index in [2.05, 4.69) is 40.3 Å². The van der Waals surface area contributed by atoms with Gasteiger partial charge in [0.15, 0.2) is 0 Å². The van der Waals surface area contributed by atoms with Gasteiger partial charge in [-0.05, 0) is 38.5 Å². The minimum absolute atomic E-state index is 0.0963. The van der Waals surface area contributed by atoms with Gasteiger partial charge in [0.05, 0.1) is 6.10 Å². The first kappa shape index (κ1) is 12.7. The Balaban J connectivity index is 2.64. The molecule has 2 nitrogen and oxygen atoms in total. The van der Waals surface area contributed by atoms with Crippen molar-refractivity contribution in [2.75, 3.05) is 0 Å². The van der Waals surface area contributed by atoms with E-state index in [9.17, 15) is 5.11 Å². The third-order valence-electron chi connectivity index (χ3n) is 2.59. The van der Waals surface area contributed by atoms with Crippen molar-refractivity contribution in [1.29, 1.82) is 0 Å². The summed E-state index contributed by atoms with van der Waals surface area (Å²) in [5, 5.41) is 12.8. The van der Waals surface area contributed by atoms with Gasteiger partial charge in [-0.15, -0.1) is 0 Å². The highest BCUT2D eigenvalue weighted by molar-refractivity contribution is 9.10. The van der Waals surface area contributed by atoms with E-state index < -0.39 is 0 Å². The highest BCUT2D eigenvalue weighted by atomic mass is 79.9. The van der Waals surface area contributed by atoms with Crippen molar-refractivity contribution in [3.63, 3.8) is 0 Å². The molecular weight excluding hydrogens is 254 g/mol. The van der Waals surface area contributed by atoms with E-state index in [1.165, 1.54) is 5.56 Å². The first-order valence-corrected chi connectivity index (χ1v) is 5.99. The summed E-state index contributed by atoms with van der Waals surface area (Å²) in [6.45, 7) is 5.88. The van der Waals surface area contributed by atoms with Crippen molar-refractivity contribution >= 4 is 15.9 Å². The van der Waals surface area contributed by atoms with Crippen LogP contribution in [0.4, 0.5) is 0 Å². The standard InChI is InChI=1S/C12H18BrNO/c1-8(10(3)15)14-9(2)11-5-4-6-12(13)7-11/h4-10,14-15H,1-3H3. The molecule has 0 saturated carbocycles. The molecule has 3 unspecified atom stereocenters. The molecule has 0 heterocycles. The van der Waals surface area contributed by atoms with Crippen LogP contribution in [0.5, 0.6) is 0 Å². The second kappa shape index (κ2) is 5.64. The van der Waals surface area contributed by atoms with E-state index in [-0.39, 0.29) is 18.2 Å². The normalized spacial score (nSPS) is 17.1. The molecule has 3 heteroatoms. The number of hydrogen-bond acceptors (Lipinski definition) is 2. The highest BCUT2D eigenvalue weighted by Gasteiger charge is 2.13. The largest absolute Gasteiger partial charge is 0.392 e. The molecule has 0 spiro atoms. The summed E-state index contributed by atoms with van der Waals surface area (Å²) in [5.41, 5.74) is 1.22. The minimum Gasteiger partial charge on any atom is -0.392 e. The van der Waals surface area contributed by atoms with Crippen LogP contribution in [0.15, 0.2) is 28.7 Å². The number of rotatable bonds is 4. The second-order valence-corrected chi connectivity index (χ2v) is 4.89. The summed E-state index contributed by atoms with van der Waals surface area (Å²) in [5.74, 6) is 0. The number of aliphatic hydroxyl groups is 1.